The van der Waals surface area contributed by atoms with Crippen molar-refractivity contribution in [3.63, 3.8) is 0 Å². The van der Waals surface area contributed by atoms with Gasteiger partial charge < -0.3 is 5.32 Å². The Morgan fingerprint density at radius 1 is 1.38 bits per heavy atom. The lowest BCUT2D eigenvalue weighted by Crippen LogP contribution is -2.28. The predicted octanol–water partition coefficient (Wildman–Crippen LogP) is 4.04. The van der Waals surface area contributed by atoms with Crippen molar-refractivity contribution in [3.8, 4) is 0 Å². The van der Waals surface area contributed by atoms with E-state index in [1.807, 2.05) is 0 Å². The first-order valence-corrected chi connectivity index (χ1v) is 6.98. The van der Waals surface area contributed by atoms with E-state index in [1.165, 1.54) is 35.0 Å². The molecule has 16 heavy (non-hydrogen) atoms. The maximum atomic E-state index is 3.69. The van der Waals surface area contributed by atoms with Crippen LogP contribution in [0.25, 0.3) is 0 Å². The monoisotopic (exact) mass is 281 g/mol. The van der Waals surface area contributed by atoms with Crippen LogP contribution in [0.4, 0.5) is 0 Å². The van der Waals surface area contributed by atoms with Gasteiger partial charge in [0.15, 0.2) is 0 Å². The van der Waals surface area contributed by atoms with Crippen LogP contribution in [-0.4, -0.2) is 13.1 Å². The third kappa shape index (κ3) is 2.67. The van der Waals surface area contributed by atoms with E-state index in [2.05, 4.69) is 53.3 Å². The molecule has 1 nitrogen and oxygen atoms in total. The van der Waals surface area contributed by atoms with Gasteiger partial charge in [-0.25, -0.2) is 0 Å². The molecular weight excluding hydrogens is 262 g/mol. The Kier molecular flexibility index (Phi) is 4.04. The highest BCUT2D eigenvalue weighted by atomic mass is 79.9. The van der Waals surface area contributed by atoms with Crippen LogP contribution in [0.15, 0.2) is 22.7 Å². The summed E-state index contributed by atoms with van der Waals surface area (Å²) in [5.41, 5.74) is 2.89. The smallest absolute Gasteiger partial charge is 0.0212 e. The lowest BCUT2D eigenvalue weighted by molar-refractivity contribution is 0.461. The second-order valence-electron chi connectivity index (χ2n) is 4.98. The van der Waals surface area contributed by atoms with Crippen LogP contribution >= 0.6 is 15.9 Å². The van der Waals surface area contributed by atoms with Crippen molar-refractivity contribution in [1.29, 1.82) is 0 Å². The van der Waals surface area contributed by atoms with Crippen LogP contribution in [-0.2, 0) is 0 Å². The Hall–Kier alpha value is -0.340. The molecule has 1 aliphatic rings. The fraction of sp³-hybridized carbons (Fsp3) is 0.571. The van der Waals surface area contributed by atoms with Crippen LogP contribution in [0.1, 0.15) is 49.7 Å². The summed E-state index contributed by atoms with van der Waals surface area (Å²) in [5, 5.41) is 3.47. The highest BCUT2D eigenvalue weighted by Gasteiger charge is 2.16. The molecule has 1 atom stereocenters. The Morgan fingerprint density at radius 2 is 2.19 bits per heavy atom. The number of rotatable bonds is 2. The van der Waals surface area contributed by atoms with Crippen molar-refractivity contribution in [2.45, 2.75) is 38.5 Å². The molecular formula is C14H20BrN. The SMILES string of the molecule is CC(C)c1ccc(C2CCCNC2)cc1Br. The van der Waals surface area contributed by atoms with Crippen molar-refractivity contribution in [2.75, 3.05) is 13.1 Å². The first-order valence-electron chi connectivity index (χ1n) is 6.18. The summed E-state index contributed by atoms with van der Waals surface area (Å²) in [6.45, 7) is 6.79. The van der Waals surface area contributed by atoms with Crippen molar-refractivity contribution < 1.29 is 0 Å². The van der Waals surface area contributed by atoms with E-state index in [1.54, 1.807) is 0 Å². The molecule has 2 heteroatoms. The standard InChI is InChI=1S/C14H20BrN/c1-10(2)13-6-5-11(8-14(13)15)12-4-3-7-16-9-12/h5-6,8,10,12,16H,3-4,7,9H2,1-2H3. The molecule has 1 aliphatic heterocycles. The van der Waals surface area contributed by atoms with E-state index in [4.69, 9.17) is 0 Å². The minimum atomic E-state index is 0.591. The fourth-order valence-electron chi connectivity index (χ4n) is 2.40. The largest absolute Gasteiger partial charge is 0.316 e. The summed E-state index contributed by atoms with van der Waals surface area (Å²) in [6, 6.07) is 6.89. The van der Waals surface area contributed by atoms with Crippen molar-refractivity contribution in [3.05, 3.63) is 33.8 Å². The van der Waals surface area contributed by atoms with Crippen molar-refractivity contribution in [1.82, 2.24) is 5.32 Å². The Bertz CT molecular complexity index is 354. The molecule has 0 bridgehead atoms. The maximum absolute atomic E-state index is 3.69. The van der Waals surface area contributed by atoms with E-state index in [-0.39, 0.29) is 0 Å². The van der Waals surface area contributed by atoms with E-state index in [0.717, 1.165) is 6.54 Å². The highest BCUT2D eigenvalue weighted by molar-refractivity contribution is 9.10. The van der Waals surface area contributed by atoms with Gasteiger partial charge in [-0.15, -0.1) is 0 Å². The molecule has 0 saturated carbocycles. The van der Waals surface area contributed by atoms with Crippen LogP contribution in [0.2, 0.25) is 0 Å². The normalized spacial score (nSPS) is 21.4. The molecule has 1 N–H and O–H groups in total. The van der Waals surface area contributed by atoms with Gasteiger partial charge in [0.25, 0.3) is 0 Å². The van der Waals surface area contributed by atoms with Crippen LogP contribution in [0.3, 0.4) is 0 Å². The average molecular weight is 282 g/mol. The van der Waals surface area contributed by atoms with Gasteiger partial charge in [0.1, 0.15) is 0 Å². The molecule has 2 rings (SSSR count). The van der Waals surface area contributed by atoms with Crippen molar-refractivity contribution >= 4 is 15.9 Å². The predicted molar refractivity (Wildman–Crippen MR) is 73.1 cm³/mol. The molecule has 1 aromatic rings. The van der Waals surface area contributed by atoms with E-state index in [0.29, 0.717) is 11.8 Å². The zero-order chi connectivity index (χ0) is 11.5. The molecule has 88 valence electrons. The van der Waals surface area contributed by atoms with Gasteiger partial charge in [-0.2, -0.15) is 0 Å². The fourth-order valence-corrected chi connectivity index (χ4v) is 3.26. The first kappa shape index (κ1) is 12.1. The molecule has 1 heterocycles. The summed E-state index contributed by atoms with van der Waals surface area (Å²) >= 11 is 3.69. The third-order valence-electron chi connectivity index (χ3n) is 3.41. The molecule has 1 aromatic carbocycles. The van der Waals surface area contributed by atoms with Gasteiger partial charge in [-0.05, 0) is 48.4 Å². The Labute approximate surface area is 107 Å². The van der Waals surface area contributed by atoms with Gasteiger partial charge in [0.2, 0.25) is 0 Å². The molecule has 0 radical (unpaired) electrons. The number of hydrogen-bond donors (Lipinski definition) is 1. The number of nitrogens with one attached hydrogen (secondary N) is 1. The molecule has 0 aromatic heterocycles. The minimum Gasteiger partial charge on any atom is -0.316 e. The topological polar surface area (TPSA) is 12.0 Å². The summed E-state index contributed by atoms with van der Waals surface area (Å²) in [7, 11) is 0. The van der Waals surface area contributed by atoms with E-state index >= 15 is 0 Å². The third-order valence-corrected chi connectivity index (χ3v) is 4.10. The van der Waals surface area contributed by atoms with Gasteiger partial charge in [0.05, 0.1) is 0 Å². The van der Waals surface area contributed by atoms with Crippen molar-refractivity contribution in [2.24, 2.45) is 0 Å². The molecule has 0 aliphatic carbocycles. The second kappa shape index (κ2) is 5.33. The van der Waals surface area contributed by atoms with E-state index < -0.39 is 0 Å². The van der Waals surface area contributed by atoms with Gasteiger partial charge in [-0.3, -0.25) is 0 Å². The lowest BCUT2D eigenvalue weighted by atomic mass is 9.90. The molecule has 0 amide bonds. The number of halogens is 1. The zero-order valence-corrected chi connectivity index (χ0v) is 11.7. The van der Waals surface area contributed by atoms with Crippen LogP contribution in [0.5, 0.6) is 0 Å². The molecule has 1 fully saturated rings. The first-order chi connectivity index (χ1) is 7.68. The van der Waals surface area contributed by atoms with Gasteiger partial charge in [0, 0.05) is 11.0 Å². The summed E-state index contributed by atoms with van der Waals surface area (Å²) < 4.78 is 1.27. The minimum absolute atomic E-state index is 0.591. The quantitative estimate of drug-likeness (QED) is 0.863. The maximum Gasteiger partial charge on any atom is 0.0212 e. The molecule has 1 unspecified atom stereocenters. The zero-order valence-electron chi connectivity index (χ0n) is 10.1. The second-order valence-corrected chi connectivity index (χ2v) is 5.83. The Morgan fingerprint density at radius 3 is 2.75 bits per heavy atom. The molecule has 0 spiro atoms. The average Bonchev–Trinajstić information content (AvgIpc) is 2.29. The Balaban J connectivity index is 2.19. The summed E-state index contributed by atoms with van der Waals surface area (Å²) in [6.07, 6.45) is 2.62. The van der Waals surface area contributed by atoms with Gasteiger partial charge >= 0.3 is 0 Å². The van der Waals surface area contributed by atoms with Crippen LogP contribution in [0, 0.1) is 0 Å². The number of benzene rings is 1. The van der Waals surface area contributed by atoms with Gasteiger partial charge in [-0.1, -0.05) is 41.9 Å². The van der Waals surface area contributed by atoms with E-state index in [9.17, 15) is 0 Å². The highest BCUT2D eigenvalue weighted by Crippen LogP contribution is 2.30. The molecule has 1 saturated heterocycles. The van der Waals surface area contributed by atoms with Crippen LogP contribution < -0.4 is 5.32 Å². The number of hydrogen-bond acceptors (Lipinski definition) is 1. The lowest BCUT2D eigenvalue weighted by Gasteiger charge is -2.24. The number of piperidine rings is 1. The summed E-state index contributed by atoms with van der Waals surface area (Å²) in [4.78, 5) is 0. The summed E-state index contributed by atoms with van der Waals surface area (Å²) in [5.74, 6) is 1.29.